The summed E-state index contributed by atoms with van der Waals surface area (Å²) in [5.74, 6) is -0.104. The van der Waals surface area contributed by atoms with Crippen LogP contribution in [-0.2, 0) is 4.79 Å². The summed E-state index contributed by atoms with van der Waals surface area (Å²) in [6.45, 7) is 4.06. The van der Waals surface area contributed by atoms with Crippen LogP contribution in [0.25, 0.3) is 22.0 Å². The van der Waals surface area contributed by atoms with Crippen LogP contribution in [0.3, 0.4) is 0 Å². The van der Waals surface area contributed by atoms with E-state index in [2.05, 4.69) is 4.98 Å². The fourth-order valence-corrected chi connectivity index (χ4v) is 4.39. The minimum Gasteiger partial charge on any atom is -0.481 e. The van der Waals surface area contributed by atoms with Crippen molar-refractivity contribution in [3.8, 4) is 16.9 Å². The van der Waals surface area contributed by atoms with Crippen molar-refractivity contribution in [2.45, 2.75) is 38.8 Å². The number of piperidine rings is 1. The third kappa shape index (κ3) is 4.79. The van der Waals surface area contributed by atoms with Crippen LogP contribution in [0, 0.1) is 12.7 Å². The van der Waals surface area contributed by atoms with E-state index in [9.17, 15) is 19.2 Å². The van der Waals surface area contributed by atoms with E-state index in [4.69, 9.17) is 9.84 Å². The average molecular weight is 467 g/mol. The first kappa shape index (κ1) is 23.4. The molecule has 2 amide bonds. The molecular formula is C25H26FN3O5. The van der Waals surface area contributed by atoms with Gasteiger partial charge in [0.2, 0.25) is 0 Å². The Labute approximate surface area is 196 Å². The maximum absolute atomic E-state index is 13.5. The summed E-state index contributed by atoms with van der Waals surface area (Å²) in [7, 11) is 0. The number of rotatable bonds is 5. The number of benzene rings is 2. The highest BCUT2D eigenvalue weighted by molar-refractivity contribution is 5.95. The number of hydroxylamine groups is 2. The molecule has 1 aliphatic heterocycles. The van der Waals surface area contributed by atoms with E-state index in [1.54, 1.807) is 31.3 Å². The second-order valence-corrected chi connectivity index (χ2v) is 8.46. The number of ether oxygens (including phenoxy) is 1. The Kier molecular flexibility index (Phi) is 6.65. The van der Waals surface area contributed by atoms with Gasteiger partial charge in [0.15, 0.2) is 6.10 Å². The normalized spacial score (nSPS) is 16.8. The second-order valence-electron chi connectivity index (χ2n) is 8.46. The number of pyridine rings is 1. The number of hydrogen-bond donors (Lipinski definition) is 2. The lowest BCUT2D eigenvalue weighted by Gasteiger charge is -2.36. The Morgan fingerprint density at radius 3 is 2.74 bits per heavy atom. The first-order valence-electron chi connectivity index (χ1n) is 11.1. The van der Waals surface area contributed by atoms with Gasteiger partial charge in [-0.1, -0.05) is 6.07 Å². The van der Waals surface area contributed by atoms with Crippen LogP contribution in [0.1, 0.15) is 25.3 Å². The zero-order chi connectivity index (χ0) is 24.4. The number of carboxylic acid groups (broad SMARTS) is 1. The minimum absolute atomic E-state index is 0.106. The van der Waals surface area contributed by atoms with Crippen LogP contribution in [0.15, 0.2) is 48.7 Å². The molecule has 2 heterocycles. The van der Waals surface area contributed by atoms with Crippen molar-refractivity contribution in [1.82, 2.24) is 14.9 Å². The minimum atomic E-state index is -1.44. The zero-order valence-corrected chi connectivity index (χ0v) is 18.9. The highest BCUT2D eigenvalue weighted by Crippen LogP contribution is 2.32. The molecule has 1 fully saturated rings. The predicted molar refractivity (Wildman–Crippen MR) is 123 cm³/mol. The van der Waals surface area contributed by atoms with Crippen LogP contribution < -0.4 is 4.74 Å². The van der Waals surface area contributed by atoms with E-state index in [-0.39, 0.29) is 23.3 Å². The lowest BCUT2D eigenvalue weighted by atomic mass is 9.97. The van der Waals surface area contributed by atoms with Crippen molar-refractivity contribution >= 4 is 22.9 Å². The number of aromatic nitrogens is 1. The Balaban J connectivity index is 1.51. The van der Waals surface area contributed by atoms with Crippen LogP contribution in [0.4, 0.5) is 9.18 Å². The van der Waals surface area contributed by atoms with Crippen molar-refractivity contribution in [1.29, 1.82) is 0 Å². The molecule has 0 saturated carbocycles. The fraction of sp³-hybridized carbons (Fsp3) is 0.320. The SMILES string of the molecule is Cc1cc(F)ccc1-c1ccnc2cc(O[C@H](C)C(=O)N3CCC[C@H](N(O)C(=O)O)C3)ccc12. The van der Waals surface area contributed by atoms with Gasteiger partial charge in [-0.2, -0.15) is 5.06 Å². The molecular weight excluding hydrogens is 441 g/mol. The number of aryl methyl sites for hydroxylation is 1. The molecule has 34 heavy (non-hydrogen) atoms. The standard InChI is InChI=1S/C25H26FN3O5/c1-15-12-17(26)5-7-20(15)21-9-10-27-23-13-19(6-8-22(21)23)34-16(2)24(30)28-11-3-4-18(14-28)29(33)25(31)32/h5-10,12-13,16,18,33H,3-4,11,14H2,1-2H3,(H,31,32)/t16-,18+/m1/s1. The van der Waals surface area contributed by atoms with E-state index in [0.29, 0.717) is 30.7 Å². The van der Waals surface area contributed by atoms with Crippen LogP contribution >= 0.6 is 0 Å². The molecule has 0 aliphatic carbocycles. The quantitative estimate of drug-likeness (QED) is 0.424. The van der Waals surface area contributed by atoms with Gasteiger partial charge < -0.3 is 14.7 Å². The maximum Gasteiger partial charge on any atom is 0.431 e. The zero-order valence-electron chi connectivity index (χ0n) is 18.9. The van der Waals surface area contributed by atoms with Gasteiger partial charge >= 0.3 is 6.09 Å². The number of carbonyl (C=O) groups excluding carboxylic acids is 1. The fourth-order valence-electron chi connectivity index (χ4n) is 4.39. The Bertz CT molecular complexity index is 1230. The van der Waals surface area contributed by atoms with Gasteiger partial charge in [0.1, 0.15) is 11.6 Å². The molecule has 0 spiro atoms. The van der Waals surface area contributed by atoms with Gasteiger partial charge in [0.05, 0.1) is 11.6 Å². The average Bonchev–Trinajstić information content (AvgIpc) is 2.82. The summed E-state index contributed by atoms with van der Waals surface area (Å²) in [6, 6.07) is 11.2. The molecule has 1 aromatic heterocycles. The van der Waals surface area contributed by atoms with Gasteiger partial charge in [-0.15, -0.1) is 0 Å². The maximum atomic E-state index is 13.5. The van der Waals surface area contributed by atoms with E-state index in [1.807, 2.05) is 19.1 Å². The largest absolute Gasteiger partial charge is 0.481 e. The number of amides is 2. The Morgan fingerprint density at radius 2 is 2.00 bits per heavy atom. The summed E-state index contributed by atoms with van der Waals surface area (Å²) in [5, 5.41) is 19.8. The topological polar surface area (TPSA) is 103 Å². The summed E-state index contributed by atoms with van der Waals surface area (Å²) >= 11 is 0. The molecule has 3 aromatic rings. The van der Waals surface area contributed by atoms with Crippen LogP contribution in [0.2, 0.25) is 0 Å². The first-order valence-corrected chi connectivity index (χ1v) is 11.1. The molecule has 0 unspecified atom stereocenters. The molecule has 1 aliphatic rings. The van der Waals surface area contributed by atoms with Gasteiger partial charge in [-0.05, 0) is 73.7 Å². The first-order chi connectivity index (χ1) is 16.2. The van der Waals surface area contributed by atoms with Crippen LogP contribution in [-0.4, -0.2) is 62.5 Å². The molecule has 2 atom stereocenters. The summed E-state index contributed by atoms with van der Waals surface area (Å²) < 4.78 is 19.4. The molecule has 1 saturated heterocycles. The predicted octanol–water partition coefficient (Wildman–Crippen LogP) is 4.48. The third-order valence-electron chi connectivity index (χ3n) is 6.10. The number of halogens is 1. The Hall–Kier alpha value is -3.72. The molecule has 0 bridgehead atoms. The van der Waals surface area contributed by atoms with E-state index in [1.165, 1.54) is 17.0 Å². The second kappa shape index (κ2) is 9.64. The third-order valence-corrected chi connectivity index (χ3v) is 6.10. The number of carbonyl (C=O) groups is 2. The van der Waals surface area contributed by atoms with Crippen LogP contribution in [0.5, 0.6) is 5.75 Å². The summed E-state index contributed by atoms with van der Waals surface area (Å²) in [4.78, 5) is 29.9. The molecule has 4 rings (SSSR count). The lowest BCUT2D eigenvalue weighted by Crippen LogP contribution is -2.52. The molecule has 8 nitrogen and oxygen atoms in total. The van der Waals surface area contributed by atoms with Gasteiger partial charge in [-0.3, -0.25) is 15.0 Å². The molecule has 178 valence electrons. The number of hydrogen-bond acceptors (Lipinski definition) is 5. The van der Waals surface area contributed by atoms with Crippen molar-refractivity contribution in [3.63, 3.8) is 0 Å². The van der Waals surface area contributed by atoms with Crippen molar-refractivity contribution in [3.05, 3.63) is 60.0 Å². The molecule has 2 N–H and O–H groups in total. The van der Waals surface area contributed by atoms with Crippen molar-refractivity contribution in [2.24, 2.45) is 0 Å². The summed E-state index contributed by atoms with van der Waals surface area (Å²) in [5.41, 5.74) is 3.32. The van der Waals surface area contributed by atoms with Gasteiger partial charge in [0, 0.05) is 30.7 Å². The molecule has 9 heteroatoms. The van der Waals surface area contributed by atoms with E-state index in [0.717, 1.165) is 22.1 Å². The van der Waals surface area contributed by atoms with E-state index < -0.39 is 18.2 Å². The number of likely N-dealkylation sites (tertiary alicyclic amines) is 1. The van der Waals surface area contributed by atoms with Gasteiger partial charge in [0.25, 0.3) is 5.91 Å². The lowest BCUT2D eigenvalue weighted by molar-refractivity contribution is -0.146. The van der Waals surface area contributed by atoms with Gasteiger partial charge in [-0.25, -0.2) is 9.18 Å². The number of fused-ring (bicyclic) bond motifs is 1. The highest BCUT2D eigenvalue weighted by atomic mass is 19.1. The molecule has 0 radical (unpaired) electrons. The smallest absolute Gasteiger partial charge is 0.431 e. The van der Waals surface area contributed by atoms with E-state index >= 15 is 0 Å². The molecule has 2 aromatic carbocycles. The van der Waals surface area contributed by atoms with Crippen molar-refractivity contribution in [2.75, 3.05) is 13.1 Å². The van der Waals surface area contributed by atoms with Crippen molar-refractivity contribution < 1.29 is 29.0 Å². The highest BCUT2D eigenvalue weighted by Gasteiger charge is 2.32. The monoisotopic (exact) mass is 467 g/mol. The Morgan fingerprint density at radius 1 is 1.21 bits per heavy atom. The number of nitrogens with zero attached hydrogens (tertiary/aromatic N) is 3. The summed E-state index contributed by atoms with van der Waals surface area (Å²) in [6.07, 6.45) is 0.487.